The molecule has 3 nitrogen and oxygen atoms in total. The third kappa shape index (κ3) is 4.64. The number of nitrogens with one attached hydrogen (secondary N) is 1. The van der Waals surface area contributed by atoms with Gasteiger partial charge in [-0.15, -0.1) is 0 Å². The van der Waals surface area contributed by atoms with E-state index in [2.05, 4.69) is 42.7 Å². The lowest BCUT2D eigenvalue weighted by Gasteiger charge is -2.35. The van der Waals surface area contributed by atoms with Crippen molar-refractivity contribution in [3.05, 3.63) is 12.2 Å². The Bertz CT molecular complexity index is 207. The van der Waals surface area contributed by atoms with Crippen molar-refractivity contribution < 1.29 is 0 Å². The van der Waals surface area contributed by atoms with Crippen molar-refractivity contribution in [1.29, 1.82) is 0 Å². The molecule has 1 N–H and O–H groups in total. The fourth-order valence-electron chi connectivity index (χ4n) is 2.28. The largest absolute Gasteiger partial charge is 0.313 e. The number of rotatable bonds is 6. The minimum absolute atomic E-state index is 0.745. The smallest absolute Gasteiger partial charge is 0.0202 e. The summed E-state index contributed by atoms with van der Waals surface area (Å²) in [5.74, 6) is 0. The fraction of sp³-hybridized carbons (Fsp3) is 0.846. The molecule has 1 heterocycles. The molecular weight excluding hydrogens is 198 g/mol. The number of piperidine rings is 1. The van der Waals surface area contributed by atoms with Gasteiger partial charge in [0.1, 0.15) is 0 Å². The summed E-state index contributed by atoms with van der Waals surface area (Å²) in [6.07, 6.45) is 2.59. The van der Waals surface area contributed by atoms with Crippen molar-refractivity contribution in [1.82, 2.24) is 15.1 Å². The van der Waals surface area contributed by atoms with Crippen LogP contribution in [0.3, 0.4) is 0 Å². The first-order valence-corrected chi connectivity index (χ1v) is 6.39. The molecule has 16 heavy (non-hydrogen) atoms. The number of likely N-dealkylation sites (tertiary alicyclic amines) is 1. The molecule has 0 saturated carbocycles. The lowest BCUT2D eigenvalue weighted by molar-refractivity contribution is 0.152. The first kappa shape index (κ1) is 13.7. The molecule has 0 amide bonds. The van der Waals surface area contributed by atoms with Crippen LogP contribution in [0.5, 0.6) is 0 Å². The monoisotopic (exact) mass is 225 g/mol. The molecule has 1 fully saturated rings. The van der Waals surface area contributed by atoms with Crippen LogP contribution in [0.4, 0.5) is 0 Å². The third-order valence-corrected chi connectivity index (χ3v) is 3.41. The van der Waals surface area contributed by atoms with Crippen molar-refractivity contribution >= 4 is 0 Å². The van der Waals surface area contributed by atoms with Crippen molar-refractivity contribution in [2.45, 2.75) is 25.8 Å². The van der Waals surface area contributed by atoms with Gasteiger partial charge in [0.25, 0.3) is 0 Å². The summed E-state index contributed by atoms with van der Waals surface area (Å²) in [6.45, 7) is 11.7. The summed E-state index contributed by atoms with van der Waals surface area (Å²) in [6, 6.07) is 0.745. The van der Waals surface area contributed by atoms with E-state index in [1.807, 2.05) is 0 Å². The highest BCUT2D eigenvalue weighted by atomic mass is 15.2. The molecule has 0 unspecified atom stereocenters. The molecule has 1 rings (SSSR count). The second kappa shape index (κ2) is 7.05. The maximum Gasteiger partial charge on any atom is 0.0202 e. The number of likely N-dealkylation sites (N-methyl/N-ethyl adjacent to an activating group) is 2. The van der Waals surface area contributed by atoms with E-state index in [-0.39, 0.29) is 0 Å². The van der Waals surface area contributed by atoms with E-state index in [1.165, 1.54) is 31.5 Å². The fourth-order valence-corrected chi connectivity index (χ4v) is 2.28. The van der Waals surface area contributed by atoms with Crippen LogP contribution in [-0.2, 0) is 0 Å². The van der Waals surface area contributed by atoms with E-state index in [0.717, 1.165) is 25.7 Å². The highest BCUT2D eigenvalue weighted by Gasteiger charge is 2.20. The highest BCUT2D eigenvalue weighted by Crippen LogP contribution is 2.14. The summed E-state index contributed by atoms with van der Waals surface area (Å²) in [7, 11) is 4.44. The predicted molar refractivity (Wildman–Crippen MR) is 70.8 cm³/mol. The lowest BCUT2D eigenvalue weighted by Crippen LogP contribution is -2.43. The zero-order chi connectivity index (χ0) is 12.0. The molecule has 1 saturated heterocycles. The topological polar surface area (TPSA) is 18.5 Å². The first-order valence-electron chi connectivity index (χ1n) is 6.39. The quantitative estimate of drug-likeness (QED) is 0.685. The Morgan fingerprint density at radius 1 is 1.44 bits per heavy atom. The summed E-state index contributed by atoms with van der Waals surface area (Å²) >= 11 is 0. The van der Waals surface area contributed by atoms with Gasteiger partial charge in [-0.2, -0.15) is 0 Å². The molecule has 94 valence electrons. The normalized spacial score (nSPS) is 19.2. The molecule has 0 aromatic heterocycles. The van der Waals surface area contributed by atoms with Gasteiger partial charge in [-0.25, -0.2) is 0 Å². The molecule has 3 heteroatoms. The molecule has 1 aliphatic heterocycles. The van der Waals surface area contributed by atoms with Gasteiger partial charge in [0, 0.05) is 19.1 Å². The van der Waals surface area contributed by atoms with E-state index < -0.39 is 0 Å². The van der Waals surface area contributed by atoms with Gasteiger partial charge in [0.05, 0.1) is 0 Å². The van der Waals surface area contributed by atoms with Gasteiger partial charge in [-0.05, 0) is 52.1 Å². The Morgan fingerprint density at radius 3 is 2.62 bits per heavy atom. The lowest BCUT2D eigenvalue weighted by atomic mass is 10.0. The van der Waals surface area contributed by atoms with Gasteiger partial charge in [0.2, 0.25) is 0 Å². The highest BCUT2D eigenvalue weighted by molar-refractivity contribution is 5.00. The van der Waals surface area contributed by atoms with Crippen LogP contribution in [0.15, 0.2) is 12.2 Å². The molecule has 1 aliphatic rings. The molecule has 0 spiro atoms. The SMILES string of the molecule is C=C(CNCC)CN(C)C1CCN(C)CC1. The van der Waals surface area contributed by atoms with Crippen molar-refractivity contribution in [3.63, 3.8) is 0 Å². The van der Waals surface area contributed by atoms with Crippen molar-refractivity contribution in [2.75, 3.05) is 46.8 Å². The molecular formula is C13H27N3. The standard InChI is InChI=1S/C13H27N3/c1-5-14-10-12(2)11-16(4)13-6-8-15(3)9-7-13/h13-14H,2,5-11H2,1,3-4H3. The van der Waals surface area contributed by atoms with Crippen LogP contribution >= 0.6 is 0 Å². The number of nitrogens with zero attached hydrogens (tertiary/aromatic N) is 2. The molecule has 0 bridgehead atoms. The number of hydrogen-bond acceptors (Lipinski definition) is 3. The first-order chi connectivity index (χ1) is 7.63. The predicted octanol–water partition coefficient (Wildman–Crippen LogP) is 1.18. The van der Waals surface area contributed by atoms with Gasteiger partial charge in [-0.3, -0.25) is 4.90 Å². The van der Waals surface area contributed by atoms with E-state index in [0.29, 0.717) is 0 Å². The van der Waals surface area contributed by atoms with Crippen LogP contribution < -0.4 is 5.32 Å². The number of hydrogen-bond donors (Lipinski definition) is 1. The van der Waals surface area contributed by atoms with Crippen LogP contribution in [0.1, 0.15) is 19.8 Å². The molecule has 0 aliphatic carbocycles. The summed E-state index contributed by atoms with van der Waals surface area (Å²) in [5.41, 5.74) is 1.29. The second-order valence-corrected chi connectivity index (χ2v) is 4.98. The molecule has 0 aromatic rings. The van der Waals surface area contributed by atoms with E-state index >= 15 is 0 Å². The Labute approximate surface area is 100 Å². The Balaban J connectivity index is 2.23. The second-order valence-electron chi connectivity index (χ2n) is 4.98. The van der Waals surface area contributed by atoms with Crippen molar-refractivity contribution in [2.24, 2.45) is 0 Å². The van der Waals surface area contributed by atoms with Gasteiger partial charge in [-0.1, -0.05) is 13.5 Å². The average molecular weight is 225 g/mol. The minimum Gasteiger partial charge on any atom is -0.313 e. The van der Waals surface area contributed by atoms with Crippen LogP contribution in [0.25, 0.3) is 0 Å². The summed E-state index contributed by atoms with van der Waals surface area (Å²) in [5, 5.41) is 3.33. The average Bonchev–Trinajstić information content (AvgIpc) is 2.27. The maximum absolute atomic E-state index is 4.13. The maximum atomic E-state index is 4.13. The third-order valence-electron chi connectivity index (χ3n) is 3.41. The molecule has 0 atom stereocenters. The summed E-state index contributed by atoms with van der Waals surface area (Å²) in [4.78, 5) is 4.88. The molecule has 0 radical (unpaired) electrons. The molecule has 0 aromatic carbocycles. The minimum atomic E-state index is 0.745. The van der Waals surface area contributed by atoms with Crippen LogP contribution in [-0.4, -0.2) is 62.7 Å². The zero-order valence-corrected chi connectivity index (χ0v) is 11.1. The van der Waals surface area contributed by atoms with Gasteiger partial charge < -0.3 is 10.2 Å². The van der Waals surface area contributed by atoms with E-state index in [4.69, 9.17) is 0 Å². The van der Waals surface area contributed by atoms with Crippen LogP contribution in [0, 0.1) is 0 Å². The van der Waals surface area contributed by atoms with Crippen LogP contribution in [0.2, 0.25) is 0 Å². The van der Waals surface area contributed by atoms with Gasteiger partial charge >= 0.3 is 0 Å². The van der Waals surface area contributed by atoms with E-state index in [9.17, 15) is 0 Å². The van der Waals surface area contributed by atoms with Crippen molar-refractivity contribution in [3.8, 4) is 0 Å². The van der Waals surface area contributed by atoms with Gasteiger partial charge in [0.15, 0.2) is 0 Å². The Hall–Kier alpha value is -0.380. The Kier molecular flexibility index (Phi) is 6.03. The Morgan fingerprint density at radius 2 is 2.06 bits per heavy atom. The zero-order valence-electron chi connectivity index (χ0n) is 11.1. The summed E-state index contributed by atoms with van der Waals surface area (Å²) < 4.78 is 0. The van der Waals surface area contributed by atoms with E-state index in [1.54, 1.807) is 0 Å².